The lowest BCUT2D eigenvalue weighted by atomic mass is 10.3. The van der Waals surface area contributed by atoms with Crippen LogP contribution in [0.2, 0.25) is 0 Å². The molecule has 0 amide bonds. The predicted octanol–water partition coefficient (Wildman–Crippen LogP) is -0.147. The van der Waals surface area contributed by atoms with E-state index in [1.54, 1.807) is 0 Å². The molecule has 0 bridgehead atoms. The first-order valence-corrected chi connectivity index (χ1v) is 3.32. The molecule has 0 aliphatic heterocycles. The number of halogens is 2. The average Bonchev–Trinajstić information content (AvgIpc) is 1.64. The van der Waals surface area contributed by atoms with Gasteiger partial charge in [0.25, 0.3) is 5.97 Å². The quantitative estimate of drug-likeness (QED) is 0.413. The second kappa shape index (κ2) is 3.58. The molecule has 56 valence electrons. The van der Waals surface area contributed by atoms with Gasteiger partial charge in [-0.15, -0.1) is 23.2 Å². The first kappa shape index (κ1) is 9.46. The highest BCUT2D eigenvalue weighted by Crippen LogP contribution is 2.13. The van der Waals surface area contributed by atoms with Crippen molar-refractivity contribution in [2.45, 2.75) is 17.8 Å². The third-order valence-electron chi connectivity index (χ3n) is 0.783. The largest absolute Gasteiger partial charge is 0.342 e. The van der Waals surface area contributed by atoms with Gasteiger partial charge >= 0.3 is 0 Å². The Morgan fingerprint density at radius 3 is 1.89 bits per heavy atom. The number of hydrogen-bond acceptors (Lipinski definition) is 3. The third-order valence-corrected chi connectivity index (χ3v) is 1.51. The average molecular weight is 175 g/mol. The van der Waals surface area contributed by atoms with E-state index in [9.17, 15) is 0 Å². The highest BCUT2D eigenvalue weighted by atomic mass is 35.5. The van der Waals surface area contributed by atoms with Gasteiger partial charge in [0.15, 0.2) is 0 Å². The molecule has 0 aliphatic rings. The van der Waals surface area contributed by atoms with Crippen molar-refractivity contribution in [3.05, 3.63) is 0 Å². The van der Waals surface area contributed by atoms with Crippen LogP contribution in [-0.4, -0.2) is 32.5 Å². The number of aliphatic hydroxyl groups is 3. The summed E-state index contributed by atoms with van der Waals surface area (Å²) >= 11 is 10.4. The van der Waals surface area contributed by atoms with E-state index in [2.05, 4.69) is 0 Å². The van der Waals surface area contributed by atoms with Gasteiger partial charge in [0.05, 0.1) is 0 Å². The minimum atomic E-state index is -2.81. The van der Waals surface area contributed by atoms with Crippen LogP contribution in [0.25, 0.3) is 0 Å². The Labute approximate surface area is 62.8 Å². The van der Waals surface area contributed by atoms with Crippen LogP contribution in [-0.2, 0) is 0 Å². The van der Waals surface area contributed by atoms with Gasteiger partial charge in [-0.05, 0) is 6.42 Å². The van der Waals surface area contributed by atoms with Crippen molar-refractivity contribution < 1.29 is 15.3 Å². The molecule has 5 heteroatoms. The van der Waals surface area contributed by atoms with Crippen molar-refractivity contribution in [1.82, 2.24) is 0 Å². The lowest BCUT2D eigenvalue weighted by Crippen LogP contribution is -2.38. The highest BCUT2D eigenvalue weighted by Gasteiger charge is 2.29. The van der Waals surface area contributed by atoms with Gasteiger partial charge in [0, 0.05) is 5.88 Å². The van der Waals surface area contributed by atoms with Gasteiger partial charge < -0.3 is 15.3 Å². The number of hydrogen-bond donors (Lipinski definition) is 3. The minimum absolute atomic E-state index is 0.145. The highest BCUT2D eigenvalue weighted by molar-refractivity contribution is 6.22. The van der Waals surface area contributed by atoms with Gasteiger partial charge in [0.1, 0.15) is 5.38 Å². The monoisotopic (exact) mass is 174 g/mol. The Morgan fingerprint density at radius 1 is 1.33 bits per heavy atom. The number of rotatable bonds is 3. The van der Waals surface area contributed by atoms with Gasteiger partial charge in [0.2, 0.25) is 0 Å². The number of alkyl halides is 2. The van der Waals surface area contributed by atoms with Crippen LogP contribution in [0.15, 0.2) is 0 Å². The summed E-state index contributed by atoms with van der Waals surface area (Å²) in [5.74, 6) is -2.63. The summed E-state index contributed by atoms with van der Waals surface area (Å²) in [6.07, 6.45) is 0.145. The van der Waals surface area contributed by atoms with Crippen molar-refractivity contribution in [3.8, 4) is 0 Å². The van der Waals surface area contributed by atoms with E-state index in [0.717, 1.165) is 0 Å². The second-order valence-corrected chi connectivity index (χ2v) is 2.54. The van der Waals surface area contributed by atoms with Crippen LogP contribution in [0.1, 0.15) is 6.42 Å². The molecule has 1 unspecified atom stereocenters. The smallest absolute Gasteiger partial charge is 0.292 e. The standard InChI is InChI=1S/C4H8Cl2O3/c5-2-1-3(6)4(7,8)9/h3,7-9H,1-2H2. The molecule has 0 saturated heterocycles. The molecule has 0 aliphatic carbocycles. The maximum absolute atomic E-state index is 8.34. The van der Waals surface area contributed by atoms with Gasteiger partial charge in [-0.2, -0.15) is 0 Å². The summed E-state index contributed by atoms with van der Waals surface area (Å²) in [4.78, 5) is 0. The van der Waals surface area contributed by atoms with Crippen LogP contribution < -0.4 is 0 Å². The van der Waals surface area contributed by atoms with E-state index in [1.807, 2.05) is 0 Å². The fraction of sp³-hybridized carbons (Fsp3) is 1.00. The van der Waals surface area contributed by atoms with Gasteiger partial charge in [-0.1, -0.05) is 0 Å². The second-order valence-electron chi connectivity index (χ2n) is 1.63. The van der Waals surface area contributed by atoms with Crippen LogP contribution in [0, 0.1) is 0 Å². The molecule has 1 atom stereocenters. The van der Waals surface area contributed by atoms with Crippen LogP contribution in [0.3, 0.4) is 0 Å². The minimum Gasteiger partial charge on any atom is -0.342 e. The summed E-state index contributed by atoms with van der Waals surface area (Å²) < 4.78 is 0. The summed E-state index contributed by atoms with van der Waals surface area (Å²) in [5, 5.41) is 23.9. The van der Waals surface area contributed by atoms with Gasteiger partial charge in [-0.25, -0.2) is 0 Å². The molecule has 0 rings (SSSR count). The Balaban J connectivity index is 3.59. The maximum Gasteiger partial charge on any atom is 0.292 e. The van der Waals surface area contributed by atoms with E-state index >= 15 is 0 Å². The lowest BCUT2D eigenvalue weighted by molar-refractivity contribution is -0.311. The maximum atomic E-state index is 8.34. The molecule has 3 N–H and O–H groups in total. The normalized spacial score (nSPS) is 15.7. The molecular formula is C4H8Cl2O3. The third kappa shape index (κ3) is 3.95. The van der Waals surface area contributed by atoms with Crippen LogP contribution in [0.4, 0.5) is 0 Å². The van der Waals surface area contributed by atoms with Crippen molar-refractivity contribution in [3.63, 3.8) is 0 Å². The van der Waals surface area contributed by atoms with Crippen molar-refractivity contribution in [2.75, 3.05) is 5.88 Å². The van der Waals surface area contributed by atoms with Crippen molar-refractivity contribution in [2.24, 2.45) is 0 Å². The van der Waals surface area contributed by atoms with Crippen LogP contribution >= 0.6 is 23.2 Å². The molecule has 0 saturated carbocycles. The molecule has 0 radical (unpaired) electrons. The molecule has 0 aromatic rings. The zero-order valence-corrected chi connectivity index (χ0v) is 6.10. The summed E-state index contributed by atoms with van der Waals surface area (Å²) in [6, 6.07) is 0. The van der Waals surface area contributed by atoms with Gasteiger partial charge in [-0.3, -0.25) is 0 Å². The van der Waals surface area contributed by atoms with E-state index in [0.29, 0.717) is 0 Å². The predicted molar refractivity (Wildman–Crippen MR) is 34.4 cm³/mol. The molecule has 9 heavy (non-hydrogen) atoms. The Morgan fingerprint density at radius 2 is 1.78 bits per heavy atom. The first-order chi connectivity index (χ1) is 3.98. The Hall–Kier alpha value is 0.460. The first-order valence-electron chi connectivity index (χ1n) is 2.35. The summed E-state index contributed by atoms with van der Waals surface area (Å²) in [7, 11) is 0. The fourth-order valence-electron chi connectivity index (χ4n) is 0.289. The lowest BCUT2D eigenvalue weighted by Gasteiger charge is -2.18. The Bertz CT molecular complexity index is 80.4. The molecule has 0 spiro atoms. The van der Waals surface area contributed by atoms with E-state index in [1.165, 1.54) is 0 Å². The summed E-state index contributed by atoms with van der Waals surface area (Å²) in [5.41, 5.74) is 0. The van der Waals surface area contributed by atoms with E-state index in [-0.39, 0.29) is 12.3 Å². The van der Waals surface area contributed by atoms with Crippen LogP contribution in [0.5, 0.6) is 0 Å². The molecular weight excluding hydrogens is 167 g/mol. The van der Waals surface area contributed by atoms with E-state index in [4.69, 9.17) is 38.5 Å². The van der Waals surface area contributed by atoms with Crippen molar-refractivity contribution >= 4 is 23.2 Å². The van der Waals surface area contributed by atoms with Crippen molar-refractivity contribution in [1.29, 1.82) is 0 Å². The van der Waals surface area contributed by atoms with E-state index < -0.39 is 11.4 Å². The Kier molecular flexibility index (Phi) is 3.77. The SMILES string of the molecule is OC(O)(O)C(Cl)CCCl. The zero-order chi connectivity index (χ0) is 7.49. The zero-order valence-electron chi connectivity index (χ0n) is 4.59. The molecule has 3 nitrogen and oxygen atoms in total. The summed E-state index contributed by atoms with van der Waals surface area (Å²) in [6.45, 7) is 0. The molecule has 0 aromatic heterocycles. The molecule has 0 fully saturated rings. The molecule has 0 heterocycles. The fourth-order valence-corrected chi connectivity index (χ4v) is 0.728. The molecule has 0 aromatic carbocycles. The topological polar surface area (TPSA) is 60.7 Å².